The van der Waals surface area contributed by atoms with E-state index in [4.69, 9.17) is 21.1 Å². The third kappa shape index (κ3) is 8.64. The molecule has 0 fully saturated rings. The molecule has 0 aliphatic heterocycles. The summed E-state index contributed by atoms with van der Waals surface area (Å²) in [5.41, 5.74) is 1.23. The molecule has 0 aliphatic carbocycles. The van der Waals surface area contributed by atoms with Gasteiger partial charge < -0.3 is 19.7 Å². The van der Waals surface area contributed by atoms with Gasteiger partial charge in [-0.2, -0.15) is 0 Å². The molecule has 3 rings (SSSR count). The average molecular weight is 630 g/mol. The van der Waals surface area contributed by atoms with Crippen molar-refractivity contribution in [3.05, 3.63) is 83.4 Å². The van der Waals surface area contributed by atoms with Gasteiger partial charge in [0.05, 0.1) is 24.8 Å². The molecule has 43 heavy (non-hydrogen) atoms. The molecule has 232 valence electrons. The molecular weight excluding hydrogens is 590 g/mol. The van der Waals surface area contributed by atoms with Crippen molar-refractivity contribution in [1.82, 2.24) is 10.2 Å². The number of ether oxygens (including phenoxy) is 2. The van der Waals surface area contributed by atoms with Crippen LogP contribution in [0, 0.1) is 0 Å². The zero-order valence-corrected chi connectivity index (χ0v) is 26.8. The van der Waals surface area contributed by atoms with Crippen molar-refractivity contribution >= 4 is 39.1 Å². The highest BCUT2D eigenvalue weighted by atomic mass is 35.5. The Morgan fingerprint density at radius 3 is 2.14 bits per heavy atom. The van der Waals surface area contributed by atoms with Crippen molar-refractivity contribution < 1.29 is 27.5 Å². The molecule has 0 unspecified atom stereocenters. The minimum atomic E-state index is -4.29. The molecule has 0 aliphatic rings. The van der Waals surface area contributed by atoms with Gasteiger partial charge in [-0.25, -0.2) is 8.42 Å². The molecule has 2 amide bonds. The Labute approximate surface area is 259 Å². The van der Waals surface area contributed by atoms with E-state index in [-0.39, 0.29) is 34.8 Å². The van der Waals surface area contributed by atoms with Crippen LogP contribution < -0.4 is 19.1 Å². The van der Waals surface area contributed by atoms with E-state index in [0.29, 0.717) is 23.6 Å². The van der Waals surface area contributed by atoms with Gasteiger partial charge in [0, 0.05) is 23.7 Å². The number of rotatable bonds is 15. The third-order valence-corrected chi connectivity index (χ3v) is 9.23. The summed E-state index contributed by atoms with van der Waals surface area (Å²) in [5, 5.41) is 3.39. The second-order valence-corrected chi connectivity index (χ2v) is 12.4. The van der Waals surface area contributed by atoms with Crippen molar-refractivity contribution in [2.75, 3.05) is 31.6 Å². The van der Waals surface area contributed by atoms with Crippen LogP contribution in [0.15, 0.2) is 77.7 Å². The maximum atomic E-state index is 14.1. The zero-order chi connectivity index (χ0) is 31.6. The molecule has 0 spiro atoms. The van der Waals surface area contributed by atoms with E-state index in [0.717, 1.165) is 16.3 Å². The molecule has 1 N–H and O–H groups in total. The Bertz CT molecular complexity index is 1470. The lowest BCUT2D eigenvalue weighted by atomic mass is 10.1. The van der Waals surface area contributed by atoms with Crippen LogP contribution in [0.3, 0.4) is 0 Å². The van der Waals surface area contributed by atoms with Gasteiger partial charge in [-0.1, -0.05) is 55.8 Å². The number of sulfonamides is 1. The summed E-state index contributed by atoms with van der Waals surface area (Å²) in [7, 11) is -1.42. The molecule has 3 aromatic rings. The first-order valence-corrected chi connectivity index (χ1v) is 16.0. The molecule has 0 heterocycles. The second kappa shape index (κ2) is 15.6. The lowest BCUT2D eigenvalue weighted by molar-refractivity contribution is -0.139. The first-order chi connectivity index (χ1) is 20.5. The summed E-state index contributed by atoms with van der Waals surface area (Å²) < 4.78 is 39.9. The van der Waals surface area contributed by atoms with Crippen LogP contribution in [0.2, 0.25) is 5.02 Å². The number of methoxy groups -OCH3 is 2. The van der Waals surface area contributed by atoms with Gasteiger partial charge in [0.15, 0.2) is 11.5 Å². The number of hydrogen-bond acceptors (Lipinski definition) is 6. The number of anilines is 1. The maximum Gasteiger partial charge on any atom is 0.264 e. The summed E-state index contributed by atoms with van der Waals surface area (Å²) in [4.78, 5) is 28.9. The van der Waals surface area contributed by atoms with Gasteiger partial charge in [-0.3, -0.25) is 13.9 Å². The van der Waals surface area contributed by atoms with Crippen LogP contribution in [0.1, 0.15) is 39.2 Å². The number of hydrogen-bond donors (Lipinski definition) is 1. The van der Waals surface area contributed by atoms with Crippen LogP contribution in [-0.2, 0) is 26.0 Å². The Hall–Kier alpha value is -3.76. The molecule has 0 radical (unpaired) electrons. The molecule has 11 heteroatoms. The van der Waals surface area contributed by atoms with Gasteiger partial charge in [-0.05, 0) is 68.1 Å². The molecule has 0 saturated carbocycles. The van der Waals surface area contributed by atoms with Gasteiger partial charge in [0.1, 0.15) is 12.6 Å². The Kier molecular flexibility index (Phi) is 12.3. The SMILES string of the molecule is CC[C@@H](C)NC(=O)[C@@H](CC)N(CCc1ccccc1)C(=O)CN(c1ccc(Cl)cc1)S(=O)(=O)c1ccc(OC)c(OC)c1. The summed E-state index contributed by atoms with van der Waals surface area (Å²) in [6, 6.07) is 19.2. The Balaban J connectivity index is 2.05. The number of benzene rings is 3. The molecule has 0 bridgehead atoms. The van der Waals surface area contributed by atoms with E-state index in [1.165, 1.54) is 49.5 Å². The Morgan fingerprint density at radius 1 is 0.907 bits per heavy atom. The fraction of sp³-hybridized carbons (Fsp3) is 0.375. The zero-order valence-electron chi connectivity index (χ0n) is 25.2. The summed E-state index contributed by atoms with van der Waals surface area (Å²) in [6.07, 6.45) is 1.57. The van der Waals surface area contributed by atoms with E-state index in [2.05, 4.69) is 5.32 Å². The standard InChI is InChI=1S/C32H40ClN3O6S/c1-6-23(3)34-32(38)28(7-2)35(20-19-24-11-9-8-10-12-24)31(37)22-36(26-15-13-25(33)14-16-26)43(39,40)27-17-18-29(41-4)30(21-27)42-5/h8-18,21,23,28H,6-7,19-20,22H2,1-5H3,(H,34,38)/t23-,28-/m1/s1. The summed E-state index contributed by atoms with van der Waals surface area (Å²) >= 11 is 6.11. The summed E-state index contributed by atoms with van der Waals surface area (Å²) in [5.74, 6) is -0.205. The van der Waals surface area contributed by atoms with Gasteiger partial charge in [0.2, 0.25) is 11.8 Å². The van der Waals surface area contributed by atoms with Crippen LogP contribution >= 0.6 is 11.6 Å². The average Bonchev–Trinajstić information content (AvgIpc) is 3.02. The number of carbonyl (C=O) groups is 2. The quantitative estimate of drug-likeness (QED) is 0.244. The molecule has 2 atom stereocenters. The van der Waals surface area contributed by atoms with Crippen LogP contribution in [0.4, 0.5) is 5.69 Å². The summed E-state index contributed by atoms with van der Waals surface area (Å²) in [6.45, 7) is 5.38. The lowest BCUT2D eigenvalue weighted by Gasteiger charge is -2.33. The number of amides is 2. The molecule has 9 nitrogen and oxygen atoms in total. The highest BCUT2D eigenvalue weighted by Crippen LogP contribution is 2.32. The predicted octanol–water partition coefficient (Wildman–Crippen LogP) is 5.32. The molecule has 0 aromatic heterocycles. The fourth-order valence-electron chi connectivity index (χ4n) is 4.58. The third-order valence-electron chi connectivity index (χ3n) is 7.21. The highest BCUT2D eigenvalue weighted by Gasteiger charge is 2.34. The van der Waals surface area contributed by atoms with E-state index >= 15 is 0 Å². The maximum absolute atomic E-state index is 14.1. The molecule has 3 aromatic carbocycles. The first-order valence-electron chi connectivity index (χ1n) is 14.2. The Morgan fingerprint density at radius 2 is 1.56 bits per heavy atom. The van der Waals surface area contributed by atoms with Gasteiger partial charge in [-0.15, -0.1) is 0 Å². The minimum absolute atomic E-state index is 0.0800. The van der Waals surface area contributed by atoms with Crippen molar-refractivity contribution in [3.8, 4) is 11.5 Å². The lowest BCUT2D eigenvalue weighted by Crippen LogP contribution is -2.54. The predicted molar refractivity (Wildman–Crippen MR) is 169 cm³/mol. The van der Waals surface area contributed by atoms with E-state index < -0.39 is 28.5 Å². The van der Waals surface area contributed by atoms with Crippen LogP contribution in [-0.4, -0.2) is 64.5 Å². The van der Waals surface area contributed by atoms with Crippen molar-refractivity contribution in [1.29, 1.82) is 0 Å². The van der Waals surface area contributed by atoms with Crippen LogP contribution in [0.5, 0.6) is 11.5 Å². The first kappa shape index (κ1) is 33.7. The van der Waals surface area contributed by atoms with Crippen LogP contribution in [0.25, 0.3) is 0 Å². The second-order valence-electron chi connectivity index (χ2n) is 10.1. The van der Waals surface area contributed by atoms with Gasteiger partial charge in [0.25, 0.3) is 10.0 Å². The number of carbonyl (C=O) groups excluding carboxylic acids is 2. The fourth-order valence-corrected chi connectivity index (χ4v) is 6.13. The molecule has 0 saturated heterocycles. The van der Waals surface area contributed by atoms with Crippen molar-refractivity contribution in [2.45, 2.75) is 57.0 Å². The largest absolute Gasteiger partial charge is 0.493 e. The van der Waals surface area contributed by atoms with Crippen molar-refractivity contribution in [2.24, 2.45) is 0 Å². The van der Waals surface area contributed by atoms with E-state index in [1.807, 2.05) is 51.1 Å². The number of nitrogens with zero attached hydrogens (tertiary/aromatic N) is 2. The molecular formula is C32H40ClN3O6S. The minimum Gasteiger partial charge on any atom is -0.493 e. The normalized spacial score (nSPS) is 12.6. The smallest absolute Gasteiger partial charge is 0.264 e. The number of nitrogens with one attached hydrogen (secondary N) is 1. The number of halogens is 1. The van der Waals surface area contributed by atoms with Crippen molar-refractivity contribution in [3.63, 3.8) is 0 Å². The van der Waals surface area contributed by atoms with E-state index in [9.17, 15) is 18.0 Å². The monoisotopic (exact) mass is 629 g/mol. The van der Waals surface area contributed by atoms with E-state index in [1.54, 1.807) is 12.1 Å². The topological polar surface area (TPSA) is 105 Å². The highest BCUT2D eigenvalue weighted by molar-refractivity contribution is 7.92. The van der Waals surface area contributed by atoms with Gasteiger partial charge >= 0.3 is 0 Å².